The lowest BCUT2D eigenvalue weighted by Gasteiger charge is -2.39. The van der Waals surface area contributed by atoms with Gasteiger partial charge < -0.3 is 5.32 Å². The van der Waals surface area contributed by atoms with Crippen LogP contribution in [-0.2, 0) is 0 Å². The third kappa shape index (κ3) is 2.76. The van der Waals surface area contributed by atoms with Crippen molar-refractivity contribution >= 4 is 0 Å². The molecule has 1 atom stereocenters. The highest BCUT2D eigenvalue weighted by Crippen LogP contribution is 2.48. The van der Waals surface area contributed by atoms with Gasteiger partial charge in [0.05, 0.1) is 0 Å². The molecule has 0 aromatic rings. The molecule has 3 aliphatic carbocycles. The van der Waals surface area contributed by atoms with Gasteiger partial charge in [-0.1, -0.05) is 25.0 Å². The first-order chi connectivity index (χ1) is 8.36. The van der Waals surface area contributed by atoms with Crippen LogP contribution in [-0.4, -0.2) is 12.1 Å². The summed E-state index contributed by atoms with van der Waals surface area (Å²) in [6, 6.07) is 1.61. The van der Waals surface area contributed by atoms with Crippen molar-refractivity contribution in [2.45, 2.75) is 82.7 Å². The van der Waals surface area contributed by atoms with E-state index in [1.54, 1.807) is 0 Å². The van der Waals surface area contributed by atoms with Gasteiger partial charge in [0.2, 0.25) is 0 Å². The Kier molecular flexibility index (Phi) is 3.56. The first-order valence-corrected chi connectivity index (χ1v) is 7.77. The van der Waals surface area contributed by atoms with Crippen LogP contribution in [0.5, 0.6) is 0 Å². The van der Waals surface area contributed by atoms with Gasteiger partial charge in [0.1, 0.15) is 0 Å². The topological polar surface area (TPSA) is 12.0 Å². The van der Waals surface area contributed by atoms with Gasteiger partial charge in [0.25, 0.3) is 0 Å². The zero-order valence-corrected chi connectivity index (χ0v) is 11.1. The molecule has 3 aliphatic rings. The molecule has 3 rings (SSSR count). The Bertz CT molecular complexity index is 265. The molecule has 96 valence electrons. The fourth-order valence-electron chi connectivity index (χ4n) is 4.30. The summed E-state index contributed by atoms with van der Waals surface area (Å²) in [6.45, 7) is 0. The van der Waals surface area contributed by atoms with Crippen LogP contribution in [0.1, 0.15) is 70.6 Å². The zero-order chi connectivity index (χ0) is 11.6. The van der Waals surface area contributed by atoms with Crippen LogP contribution >= 0.6 is 0 Å². The molecule has 0 bridgehead atoms. The highest BCUT2D eigenvalue weighted by Gasteiger charge is 2.37. The molecule has 2 saturated carbocycles. The zero-order valence-electron chi connectivity index (χ0n) is 11.1. The highest BCUT2D eigenvalue weighted by molar-refractivity contribution is 4.96. The summed E-state index contributed by atoms with van der Waals surface area (Å²) in [4.78, 5) is 0. The Hall–Kier alpha value is -0.300. The maximum absolute atomic E-state index is 3.91. The number of nitrogens with one attached hydrogen (secondary N) is 1. The van der Waals surface area contributed by atoms with Crippen LogP contribution in [0.2, 0.25) is 0 Å². The predicted molar refractivity (Wildman–Crippen MR) is 73.1 cm³/mol. The number of allylic oxidation sites excluding steroid dienone is 1. The summed E-state index contributed by atoms with van der Waals surface area (Å²) < 4.78 is 0. The van der Waals surface area contributed by atoms with Crippen LogP contribution in [0, 0.1) is 5.41 Å². The van der Waals surface area contributed by atoms with Crippen molar-refractivity contribution in [2.24, 2.45) is 5.41 Å². The lowest BCUT2D eigenvalue weighted by molar-refractivity contribution is 0.161. The number of hydrogen-bond acceptors (Lipinski definition) is 1. The van der Waals surface area contributed by atoms with Crippen LogP contribution in [0.25, 0.3) is 0 Å². The molecule has 2 fully saturated rings. The molecule has 1 heteroatoms. The Morgan fingerprint density at radius 3 is 2.24 bits per heavy atom. The van der Waals surface area contributed by atoms with E-state index < -0.39 is 0 Å². The first-order valence-electron chi connectivity index (χ1n) is 7.77. The average Bonchev–Trinajstić information content (AvgIpc) is 2.83. The van der Waals surface area contributed by atoms with Crippen molar-refractivity contribution < 1.29 is 0 Å². The fraction of sp³-hybridized carbons (Fsp3) is 0.875. The van der Waals surface area contributed by atoms with Crippen molar-refractivity contribution in [1.82, 2.24) is 5.32 Å². The molecule has 0 amide bonds. The Balaban J connectivity index is 1.46. The normalized spacial score (nSPS) is 33.3. The molecule has 17 heavy (non-hydrogen) atoms. The van der Waals surface area contributed by atoms with E-state index in [-0.39, 0.29) is 0 Å². The molecule has 0 aromatic heterocycles. The van der Waals surface area contributed by atoms with Crippen LogP contribution in [0.4, 0.5) is 0 Å². The van der Waals surface area contributed by atoms with Crippen molar-refractivity contribution in [3.05, 3.63) is 12.2 Å². The van der Waals surface area contributed by atoms with Gasteiger partial charge in [0, 0.05) is 12.1 Å². The van der Waals surface area contributed by atoms with Gasteiger partial charge in [0.15, 0.2) is 0 Å². The van der Waals surface area contributed by atoms with Crippen molar-refractivity contribution in [1.29, 1.82) is 0 Å². The minimum absolute atomic E-state index is 0.780. The second-order valence-electron chi connectivity index (χ2n) is 6.63. The fourth-order valence-corrected chi connectivity index (χ4v) is 4.30. The van der Waals surface area contributed by atoms with Crippen molar-refractivity contribution in [2.75, 3.05) is 0 Å². The molecule has 0 heterocycles. The lowest BCUT2D eigenvalue weighted by atomic mass is 9.71. The smallest absolute Gasteiger partial charge is 0.0107 e. The molecule has 0 aliphatic heterocycles. The summed E-state index contributed by atoms with van der Waals surface area (Å²) in [7, 11) is 0. The van der Waals surface area contributed by atoms with E-state index in [0.29, 0.717) is 0 Å². The van der Waals surface area contributed by atoms with E-state index in [9.17, 15) is 0 Å². The standard InChI is InChI=1S/C16H27N/c1-2-6-14(7-3-1)17-15-8-12-16(13-9-15)10-4-5-11-16/h1-2,14-15,17H,3-13H2. The number of hydrogen-bond donors (Lipinski definition) is 1. The molecule has 1 unspecified atom stereocenters. The van der Waals surface area contributed by atoms with Gasteiger partial charge in [-0.25, -0.2) is 0 Å². The summed E-state index contributed by atoms with van der Waals surface area (Å²) in [5.74, 6) is 0. The van der Waals surface area contributed by atoms with Gasteiger partial charge in [-0.05, 0) is 63.2 Å². The minimum atomic E-state index is 0.780. The second-order valence-corrected chi connectivity index (χ2v) is 6.63. The highest BCUT2D eigenvalue weighted by atomic mass is 15.0. The van der Waals surface area contributed by atoms with E-state index in [2.05, 4.69) is 17.5 Å². The largest absolute Gasteiger partial charge is 0.311 e. The SMILES string of the molecule is C1=CCC(NC2CCC3(CCCC3)CC2)CC1. The van der Waals surface area contributed by atoms with E-state index >= 15 is 0 Å². The first kappa shape index (κ1) is 11.8. The van der Waals surface area contributed by atoms with E-state index in [1.807, 2.05) is 0 Å². The summed E-state index contributed by atoms with van der Waals surface area (Å²) in [5, 5.41) is 3.91. The van der Waals surface area contributed by atoms with Crippen LogP contribution in [0.15, 0.2) is 12.2 Å². The summed E-state index contributed by atoms with van der Waals surface area (Å²) >= 11 is 0. The van der Waals surface area contributed by atoms with E-state index in [4.69, 9.17) is 0 Å². The van der Waals surface area contributed by atoms with Crippen molar-refractivity contribution in [3.63, 3.8) is 0 Å². The second kappa shape index (κ2) is 5.14. The van der Waals surface area contributed by atoms with Crippen molar-refractivity contribution in [3.8, 4) is 0 Å². The molecule has 0 saturated heterocycles. The third-order valence-corrected chi connectivity index (χ3v) is 5.45. The van der Waals surface area contributed by atoms with Crippen LogP contribution in [0.3, 0.4) is 0 Å². The molecule has 1 nitrogen and oxygen atoms in total. The Labute approximate surface area is 106 Å². The van der Waals surface area contributed by atoms with Gasteiger partial charge in [-0.15, -0.1) is 0 Å². The lowest BCUT2D eigenvalue weighted by Crippen LogP contribution is -2.42. The quantitative estimate of drug-likeness (QED) is 0.705. The van der Waals surface area contributed by atoms with Gasteiger partial charge in [-0.3, -0.25) is 0 Å². The van der Waals surface area contributed by atoms with Gasteiger partial charge in [-0.2, -0.15) is 0 Å². The third-order valence-electron chi connectivity index (χ3n) is 5.45. The van der Waals surface area contributed by atoms with Gasteiger partial charge >= 0.3 is 0 Å². The van der Waals surface area contributed by atoms with Crippen LogP contribution < -0.4 is 5.32 Å². The average molecular weight is 233 g/mol. The Morgan fingerprint density at radius 2 is 1.59 bits per heavy atom. The minimum Gasteiger partial charge on any atom is -0.311 e. The maximum atomic E-state index is 3.91. The molecular formula is C16H27N. The maximum Gasteiger partial charge on any atom is 0.0107 e. The summed E-state index contributed by atoms with van der Waals surface area (Å²) in [5.41, 5.74) is 0.796. The monoisotopic (exact) mass is 233 g/mol. The predicted octanol–water partition coefficient (Wildman–Crippen LogP) is 4.19. The molecule has 1 spiro atoms. The van der Waals surface area contributed by atoms with E-state index in [0.717, 1.165) is 17.5 Å². The molecular weight excluding hydrogens is 206 g/mol. The number of rotatable bonds is 2. The molecule has 0 aromatic carbocycles. The molecule has 0 radical (unpaired) electrons. The Morgan fingerprint density at radius 1 is 0.824 bits per heavy atom. The molecule has 1 N–H and O–H groups in total. The van der Waals surface area contributed by atoms with E-state index in [1.165, 1.54) is 70.6 Å². The summed E-state index contributed by atoms with van der Waals surface area (Å²) in [6.07, 6.45) is 20.6.